The molecule has 13 heavy (non-hydrogen) atoms. The lowest BCUT2D eigenvalue weighted by Gasteiger charge is -2.22. The molecule has 1 atom stereocenters. The standard InChI is InChI=1S/C8H11N3O2/c1-8(6-13-7-12)11(4-2-9)5-3-10/h7-8H,4-6H2,1H3. The summed E-state index contributed by atoms with van der Waals surface area (Å²) in [4.78, 5) is 11.5. The highest BCUT2D eigenvalue weighted by atomic mass is 16.5. The van der Waals surface area contributed by atoms with E-state index in [0.29, 0.717) is 6.47 Å². The predicted molar refractivity (Wildman–Crippen MR) is 44.3 cm³/mol. The van der Waals surface area contributed by atoms with E-state index in [-0.39, 0.29) is 25.7 Å². The minimum Gasteiger partial charge on any atom is -0.466 e. The van der Waals surface area contributed by atoms with Crippen molar-refractivity contribution in [3.05, 3.63) is 0 Å². The van der Waals surface area contributed by atoms with Crippen LogP contribution in [0.25, 0.3) is 0 Å². The fraction of sp³-hybridized carbons (Fsp3) is 0.625. The predicted octanol–water partition coefficient (Wildman–Crippen LogP) is -0.103. The first kappa shape index (κ1) is 11.4. The van der Waals surface area contributed by atoms with Crippen molar-refractivity contribution in [3.63, 3.8) is 0 Å². The van der Waals surface area contributed by atoms with Crippen LogP contribution >= 0.6 is 0 Å². The second kappa shape index (κ2) is 7.08. The molecule has 0 rings (SSSR count). The normalized spacial score (nSPS) is 11.4. The van der Waals surface area contributed by atoms with Crippen molar-refractivity contribution in [2.75, 3.05) is 19.7 Å². The van der Waals surface area contributed by atoms with Crippen LogP contribution in [0.2, 0.25) is 0 Å². The largest absolute Gasteiger partial charge is 0.466 e. The second-order valence-electron chi connectivity index (χ2n) is 2.50. The Hall–Kier alpha value is -1.59. The highest BCUT2D eigenvalue weighted by Gasteiger charge is 2.12. The van der Waals surface area contributed by atoms with E-state index in [2.05, 4.69) is 4.74 Å². The molecule has 0 saturated carbocycles. The maximum Gasteiger partial charge on any atom is 0.293 e. The van der Waals surface area contributed by atoms with Gasteiger partial charge in [-0.15, -0.1) is 0 Å². The molecule has 0 fully saturated rings. The van der Waals surface area contributed by atoms with Gasteiger partial charge in [0, 0.05) is 6.04 Å². The first-order valence-corrected chi connectivity index (χ1v) is 3.79. The maximum atomic E-state index is 9.88. The van der Waals surface area contributed by atoms with Gasteiger partial charge in [-0.2, -0.15) is 10.5 Å². The van der Waals surface area contributed by atoms with Gasteiger partial charge in [-0.05, 0) is 6.92 Å². The number of ether oxygens (including phenoxy) is 1. The van der Waals surface area contributed by atoms with Crippen LogP contribution in [-0.2, 0) is 9.53 Å². The SMILES string of the molecule is CC(COC=O)N(CC#N)CC#N. The molecule has 0 amide bonds. The van der Waals surface area contributed by atoms with Gasteiger partial charge in [-0.3, -0.25) is 9.69 Å². The molecule has 70 valence electrons. The molecule has 5 nitrogen and oxygen atoms in total. The number of nitriles is 2. The first-order chi connectivity index (χ1) is 6.26. The number of hydrogen-bond acceptors (Lipinski definition) is 5. The van der Waals surface area contributed by atoms with Gasteiger partial charge in [-0.25, -0.2) is 0 Å². The summed E-state index contributed by atoms with van der Waals surface area (Å²) in [5, 5.41) is 16.9. The molecule has 0 radical (unpaired) electrons. The molecule has 0 heterocycles. The van der Waals surface area contributed by atoms with Gasteiger partial charge in [0.1, 0.15) is 6.61 Å². The Morgan fingerprint density at radius 3 is 2.38 bits per heavy atom. The zero-order valence-corrected chi connectivity index (χ0v) is 7.43. The molecule has 0 N–H and O–H groups in total. The van der Waals surface area contributed by atoms with Crippen LogP contribution in [0.15, 0.2) is 0 Å². The summed E-state index contributed by atoms with van der Waals surface area (Å²) < 4.78 is 4.53. The minimum atomic E-state index is -0.107. The third kappa shape index (κ3) is 4.78. The van der Waals surface area contributed by atoms with Crippen molar-refractivity contribution < 1.29 is 9.53 Å². The van der Waals surface area contributed by atoms with E-state index in [0.717, 1.165) is 0 Å². The Kier molecular flexibility index (Phi) is 6.21. The summed E-state index contributed by atoms with van der Waals surface area (Å²) >= 11 is 0. The van der Waals surface area contributed by atoms with Gasteiger partial charge in [-0.1, -0.05) is 0 Å². The maximum absolute atomic E-state index is 9.88. The Labute approximate surface area is 77.1 Å². The van der Waals surface area contributed by atoms with Crippen molar-refractivity contribution in [3.8, 4) is 12.1 Å². The Bertz CT molecular complexity index is 213. The molecule has 5 heteroatoms. The topological polar surface area (TPSA) is 77.1 Å². The van der Waals surface area contributed by atoms with Crippen LogP contribution in [-0.4, -0.2) is 37.1 Å². The van der Waals surface area contributed by atoms with Gasteiger partial charge in [0.15, 0.2) is 0 Å². The van der Waals surface area contributed by atoms with Crippen LogP contribution < -0.4 is 0 Å². The molecule has 0 aliphatic heterocycles. The van der Waals surface area contributed by atoms with Crippen LogP contribution in [0.1, 0.15) is 6.92 Å². The number of hydrogen-bond donors (Lipinski definition) is 0. The quantitative estimate of drug-likeness (QED) is 0.422. The molecule has 0 aliphatic rings. The van der Waals surface area contributed by atoms with E-state index in [1.165, 1.54) is 0 Å². The molecule has 0 aromatic carbocycles. The van der Waals surface area contributed by atoms with E-state index >= 15 is 0 Å². The average molecular weight is 181 g/mol. The molecule has 0 bridgehead atoms. The highest BCUT2D eigenvalue weighted by molar-refractivity contribution is 5.36. The van der Waals surface area contributed by atoms with E-state index < -0.39 is 0 Å². The summed E-state index contributed by atoms with van der Waals surface area (Å²) in [6.07, 6.45) is 0. The van der Waals surface area contributed by atoms with Crippen molar-refractivity contribution in [1.29, 1.82) is 10.5 Å². The van der Waals surface area contributed by atoms with E-state index in [9.17, 15) is 4.79 Å². The van der Waals surface area contributed by atoms with Gasteiger partial charge >= 0.3 is 0 Å². The third-order valence-electron chi connectivity index (χ3n) is 1.58. The molecular weight excluding hydrogens is 170 g/mol. The second-order valence-corrected chi connectivity index (χ2v) is 2.50. The summed E-state index contributed by atoms with van der Waals surface area (Å²) in [6.45, 7) is 2.67. The summed E-state index contributed by atoms with van der Waals surface area (Å²) in [5.41, 5.74) is 0. The van der Waals surface area contributed by atoms with Gasteiger partial charge < -0.3 is 4.74 Å². The zero-order valence-electron chi connectivity index (χ0n) is 7.43. The van der Waals surface area contributed by atoms with E-state index in [4.69, 9.17) is 10.5 Å². The lowest BCUT2D eigenvalue weighted by molar-refractivity contribution is -0.130. The fourth-order valence-electron chi connectivity index (χ4n) is 0.833. The van der Waals surface area contributed by atoms with Crippen LogP contribution in [0.3, 0.4) is 0 Å². The number of carbonyl (C=O) groups is 1. The Balaban J connectivity index is 3.96. The Morgan fingerprint density at radius 2 is 2.00 bits per heavy atom. The monoisotopic (exact) mass is 181 g/mol. The lowest BCUT2D eigenvalue weighted by Crippen LogP contribution is -2.37. The average Bonchev–Trinajstić information content (AvgIpc) is 2.14. The molecule has 0 aliphatic carbocycles. The zero-order chi connectivity index (χ0) is 10.1. The van der Waals surface area contributed by atoms with Crippen molar-refractivity contribution in [1.82, 2.24) is 4.90 Å². The first-order valence-electron chi connectivity index (χ1n) is 3.79. The lowest BCUT2D eigenvalue weighted by atomic mass is 10.3. The van der Waals surface area contributed by atoms with Gasteiger partial charge in [0.2, 0.25) is 0 Å². The van der Waals surface area contributed by atoms with E-state index in [1.54, 1.807) is 11.8 Å². The number of nitrogens with zero attached hydrogens (tertiary/aromatic N) is 3. The molecular formula is C8H11N3O2. The number of rotatable bonds is 6. The van der Waals surface area contributed by atoms with Crippen LogP contribution in [0, 0.1) is 22.7 Å². The summed E-state index contributed by atoms with van der Waals surface area (Å²) in [5.74, 6) is 0. The van der Waals surface area contributed by atoms with E-state index in [1.807, 2.05) is 12.1 Å². The van der Waals surface area contributed by atoms with Crippen LogP contribution in [0.5, 0.6) is 0 Å². The molecule has 0 aromatic rings. The molecule has 0 spiro atoms. The van der Waals surface area contributed by atoms with Gasteiger partial charge in [0.25, 0.3) is 6.47 Å². The fourth-order valence-corrected chi connectivity index (χ4v) is 0.833. The van der Waals surface area contributed by atoms with Crippen molar-refractivity contribution in [2.45, 2.75) is 13.0 Å². The molecule has 0 aromatic heterocycles. The van der Waals surface area contributed by atoms with Crippen molar-refractivity contribution >= 4 is 6.47 Å². The molecule has 1 unspecified atom stereocenters. The van der Waals surface area contributed by atoms with Crippen LogP contribution in [0.4, 0.5) is 0 Å². The summed E-state index contributed by atoms with van der Waals surface area (Å²) in [6, 6.07) is 3.77. The Morgan fingerprint density at radius 1 is 1.46 bits per heavy atom. The minimum absolute atomic E-state index is 0.107. The van der Waals surface area contributed by atoms with Crippen molar-refractivity contribution in [2.24, 2.45) is 0 Å². The highest BCUT2D eigenvalue weighted by Crippen LogP contribution is 1.97. The molecule has 0 saturated heterocycles. The number of carbonyl (C=O) groups excluding carboxylic acids is 1. The smallest absolute Gasteiger partial charge is 0.293 e. The third-order valence-corrected chi connectivity index (χ3v) is 1.58. The summed E-state index contributed by atoms with van der Waals surface area (Å²) in [7, 11) is 0. The van der Waals surface area contributed by atoms with Gasteiger partial charge in [0.05, 0.1) is 25.2 Å².